The fourth-order valence-corrected chi connectivity index (χ4v) is 7.11. The summed E-state index contributed by atoms with van der Waals surface area (Å²) < 4.78 is 18.7. The molecule has 0 amide bonds. The van der Waals surface area contributed by atoms with Crippen LogP contribution in [0.3, 0.4) is 0 Å². The summed E-state index contributed by atoms with van der Waals surface area (Å²) in [5.41, 5.74) is 0.819. The number of carbonyl (C=O) groups is 2. The van der Waals surface area contributed by atoms with Crippen molar-refractivity contribution in [2.75, 3.05) is 0 Å². The van der Waals surface area contributed by atoms with E-state index in [9.17, 15) is 9.59 Å². The molecule has 0 spiro atoms. The van der Waals surface area contributed by atoms with E-state index in [0.717, 1.165) is 32.1 Å². The average Bonchev–Trinajstić information content (AvgIpc) is 2.77. The van der Waals surface area contributed by atoms with Crippen LogP contribution >= 0.6 is 0 Å². The van der Waals surface area contributed by atoms with Gasteiger partial charge in [0, 0.05) is 12.3 Å². The minimum atomic E-state index is -1.96. The number of carbonyl (C=O) groups excluding carboxylic acids is 2. The van der Waals surface area contributed by atoms with Gasteiger partial charge in [0.1, 0.15) is 12.2 Å². The molecular formula is C31H52O5Si. The average molecular weight is 533 g/mol. The molecule has 1 heterocycles. The number of rotatable bonds is 8. The first-order valence-electron chi connectivity index (χ1n) is 14.5. The van der Waals surface area contributed by atoms with Gasteiger partial charge in [-0.1, -0.05) is 59.8 Å². The lowest BCUT2D eigenvalue weighted by molar-refractivity contribution is -0.165. The quantitative estimate of drug-likeness (QED) is 0.238. The predicted octanol–water partition coefficient (Wildman–Crippen LogP) is 7.62. The number of allylic oxidation sites excluding steroid dienone is 3. The molecule has 210 valence electrons. The van der Waals surface area contributed by atoms with Crippen molar-refractivity contribution in [2.24, 2.45) is 29.1 Å². The number of ether oxygens (including phenoxy) is 2. The van der Waals surface area contributed by atoms with E-state index in [1.807, 2.05) is 20.8 Å². The third kappa shape index (κ3) is 7.17. The fourth-order valence-electron chi connectivity index (χ4n) is 5.75. The van der Waals surface area contributed by atoms with E-state index in [-0.39, 0.29) is 41.2 Å². The summed E-state index contributed by atoms with van der Waals surface area (Å²) in [4.78, 5) is 25.6. The van der Waals surface area contributed by atoms with Gasteiger partial charge in [0.05, 0.1) is 17.9 Å². The Morgan fingerprint density at radius 2 is 1.78 bits per heavy atom. The summed E-state index contributed by atoms with van der Waals surface area (Å²) >= 11 is 0. The van der Waals surface area contributed by atoms with E-state index in [2.05, 4.69) is 65.9 Å². The van der Waals surface area contributed by atoms with Crippen LogP contribution in [-0.2, 0) is 23.5 Å². The van der Waals surface area contributed by atoms with Gasteiger partial charge < -0.3 is 13.9 Å². The van der Waals surface area contributed by atoms with Gasteiger partial charge in [-0.15, -0.1) is 0 Å². The van der Waals surface area contributed by atoms with Crippen molar-refractivity contribution in [3.8, 4) is 0 Å². The molecule has 1 aliphatic heterocycles. The zero-order chi connectivity index (χ0) is 27.8. The molecule has 5 nitrogen and oxygen atoms in total. The monoisotopic (exact) mass is 532 g/mol. The Hall–Kier alpha value is -1.40. The molecule has 0 aromatic rings. The lowest BCUT2D eigenvalue weighted by Crippen LogP contribution is -2.47. The minimum absolute atomic E-state index is 0.0632. The first-order chi connectivity index (χ1) is 17.0. The molecule has 3 rings (SSSR count). The van der Waals surface area contributed by atoms with Gasteiger partial charge in [0.25, 0.3) is 0 Å². The maximum absolute atomic E-state index is 13.1. The van der Waals surface area contributed by atoms with Crippen LogP contribution in [0.2, 0.25) is 18.1 Å². The van der Waals surface area contributed by atoms with Crippen molar-refractivity contribution in [1.29, 1.82) is 0 Å². The number of esters is 2. The summed E-state index contributed by atoms with van der Waals surface area (Å²) in [5, 5.41) is 0.105. The molecule has 0 N–H and O–H groups in total. The molecule has 0 aromatic carbocycles. The van der Waals surface area contributed by atoms with Crippen molar-refractivity contribution in [3.05, 3.63) is 23.8 Å². The maximum atomic E-state index is 13.1. The zero-order valence-corrected chi connectivity index (χ0v) is 26.1. The first-order valence-corrected chi connectivity index (χ1v) is 17.4. The van der Waals surface area contributed by atoms with E-state index >= 15 is 0 Å². The van der Waals surface area contributed by atoms with Crippen molar-refractivity contribution < 1.29 is 23.5 Å². The first kappa shape index (κ1) is 30.1. The second-order valence-electron chi connectivity index (χ2n) is 14.1. The Morgan fingerprint density at radius 3 is 2.41 bits per heavy atom. The minimum Gasteiger partial charge on any atom is -0.462 e. The Labute approximate surface area is 226 Å². The van der Waals surface area contributed by atoms with Crippen molar-refractivity contribution in [1.82, 2.24) is 0 Å². The highest BCUT2D eigenvalue weighted by Gasteiger charge is 2.44. The van der Waals surface area contributed by atoms with Gasteiger partial charge in [-0.3, -0.25) is 9.59 Å². The van der Waals surface area contributed by atoms with Gasteiger partial charge in [-0.2, -0.15) is 0 Å². The molecule has 2 aliphatic carbocycles. The van der Waals surface area contributed by atoms with Gasteiger partial charge >= 0.3 is 11.9 Å². The summed E-state index contributed by atoms with van der Waals surface area (Å²) in [7, 11) is -1.96. The maximum Gasteiger partial charge on any atom is 0.311 e. The highest BCUT2D eigenvalue weighted by Crippen LogP contribution is 2.46. The molecule has 0 radical (unpaired) electrons. The number of hydrogen-bond donors (Lipinski definition) is 0. The van der Waals surface area contributed by atoms with Crippen molar-refractivity contribution in [2.45, 2.75) is 130 Å². The zero-order valence-electron chi connectivity index (χ0n) is 25.1. The van der Waals surface area contributed by atoms with Crippen LogP contribution in [0.15, 0.2) is 23.8 Å². The van der Waals surface area contributed by atoms with E-state index in [1.54, 1.807) is 0 Å². The van der Waals surface area contributed by atoms with Crippen LogP contribution < -0.4 is 0 Å². The molecular weight excluding hydrogens is 480 g/mol. The van der Waals surface area contributed by atoms with Crippen LogP contribution in [-0.4, -0.2) is 38.6 Å². The SMILES string of the molecule is CCC(C)(C)C(=O)O[C@@H]1C[C@H](C)C=C2C=C[C@H](C)[C@H](CC[C@H]3C[C@@H](O[Si](C)(C)C(C)(C)C)CC(=O)O3)C21. The standard InChI is InChI=1S/C31H52O5Si/c1-11-31(7,8)29(33)35-26-17-20(2)16-22-13-12-21(3)25(28(22)26)15-14-23-18-24(19-27(32)34-23)36-37(9,10)30(4,5)6/h12-13,16,20-21,23-26,28H,11,14-15,17-19H2,1-10H3/t20-,21+,23+,24-,25+,26-,28?/m1/s1. The summed E-state index contributed by atoms with van der Waals surface area (Å²) in [5.74, 6) is 1.03. The molecule has 7 atom stereocenters. The lowest BCUT2D eigenvalue weighted by Gasteiger charge is -2.44. The van der Waals surface area contributed by atoms with Gasteiger partial charge in [0.2, 0.25) is 0 Å². The fraction of sp³-hybridized carbons (Fsp3) is 0.806. The summed E-state index contributed by atoms with van der Waals surface area (Å²) in [6.07, 6.45) is 11.1. The molecule has 0 saturated carbocycles. The molecule has 6 heteroatoms. The summed E-state index contributed by atoms with van der Waals surface area (Å²) in [6, 6.07) is 0. The predicted molar refractivity (Wildman–Crippen MR) is 152 cm³/mol. The molecule has 0 bridgehead atoms. The second-order valence-corrected chi connectivity index (χ2v) is 18.9. The highest BCUT2D eigenvalue weighted by molar-refractivity contribution is 6.74. The lowest BCUT2D eigenvalue weighted by atomic mass is 9.65. The van der Waals surface area contributed by atoms with E-state index in [1.165, 1.54) is 5.57 Å². The Balaban J connectivity index is 1.73. The molecule has 3 aliphatic rings. The van der Waals surface area contributed by atoms with Crippen LogP contribution in [0, 0.1) is 29.1 Å². The Bertz CT molecular complexity index is 896. The smallest absolute Gasteiger partial charge is 0.311 e. The normalized spacial score (nSPS) is 32.9. The highest BCUT2D eigenvalue weighted by atomic mass is 28.4. The van der Waals surface area contributed by atoms with Gasteiger partial charge in [0.15, 0.2) is 8.32 Å². The Morgan fingerprint density at radius 1 is 1.11 bits per heavy atom. The molecule has 0 aromatic heterocycles. The largest absolute Gasteiger partial charge is 0.462 e. The topological polar surface area (TPSA) is 61.8 Å². The van der Waals surface area contributed by atoms with E-state index in [4.69, 9.17) is 13.9 Å². The number of cyclic esters (lactones) is 1. The third-order valence-electron chi connectivity index (χ3n) is 9.60. The van der Waals surface area contributed by atoms with Crippen LogP contribution in [0.5, 0.6) is 0 Å². The summed E-state index contributed by atoms with van der Waals surface area (Å²) in [6.45, 7) is 21.6. The molecule has 1 fully saturated rings. The molecule has 1 unspecified atom stereocenters. The number of fused-ring (bicyclic) bond motifs is 1. The van der Waals surface area contributed by atoms with Crippen molar-refractivity contribution in [3.63, 3.8) is 0 Å². The van der Waals surface area contributed by atoms with Crippen molar-refractivity contribution >= 4 is 20.3 Å². The second kappa shape index (κ2) is 11.4. The third-order valence-corrected chi connectivity index (χ3v) is 14.1. The van der Waals surface area contributed by atoms with Crippen LogP contribution in [0.4, 0.5) is 0 Å². The number of hydrogen-bond acceptors (Lipinski definition) is 5. The van der Waals surface area contributed by atoms with E-state index < -0.39 is 13.7 Å². The van der Waals surface area contributed by atoms with Gasteiger partial charge in [-0.25, -0.2) is 0 Å². The van der Waals surface area contributed by atoms with Gasteiger partial charge in [-0.05, 0) is 81.0 Å². The Kier molecular flexibility index (Phi) is 9.27. The van der Waals surface area contributed by atoms with Crippen LogP contribution in [0.25, 0.3) is 0 Å². The molecule has 37 heavy (non-hydrogen) atoms. The van der Waals surface area contributed by atoms with Crippen LogP contribution in [0.1, 0.15) is 93.9 Å². The molecule has 1 saturated heterocycles. The van der Waals surface area contributed by atoms with E-state index in [0.29, 0.717) is 24.2 Å².